The number of rotatable bonds is 3. The van der Waals surface area contributed by atoms with E-state index in [0.717, 1.165) is 0 Å². The van der Waals surface area contributed by atoms with Crippen molar-refractivity contribution in [3.8, 4) is 0 Å². The zero-order valence-electron chi connectivity index (χ0n) is 10.9. The maximum absolute atomic E-state index is 12.4. The van der Waals surface area contributed by atoms with Crippen molar-refractivity contribution in [2.75, 3.05) is 6.54 Å². The molecule has 6 nitrogen and oxygen atoms in total. The smallest absolute Gasteiger partial charge is 0.331 e. The summed E-state index contributed by atoms with van der Waals surface area (Å²) < 4.78 is 1.17. The fraction of sp³-hybridized carbons (Fsp3) is 0.538. The van der Waals surface area contributed by atoms with Crippen LogP contribution < -0.4 is 16.1 Å². The van der Waals surface area contributed by atoms with E-state index in [1.807, 2.05) is 13.8 Å². The molecule has 2 aliphatic rings. The number of carbonyl (C=O) groups is 1. The molecule has 100 valence electrons. The second-order valence-corrected chi connectivity index (χ2v) is 5.40. The molecule has 0 saturated heterocycles. The molecule has 2 heterocycles. The molecule has 19 heavy (non-hydrogen) atoms. The van der Waals surface area contributed by atoms with Gasteiger partial charge in [-0.3, -0.25) is 9.79 Å². The second kappa shape index (κ2) is 3.76. The molecule has 1 aromatic rings. The summed E-state index contributed by atoms with van der Waals surface area (Å²) in [6.07, 6.45) is 2.67. The summed E-state index contributed by atoms with van der Waals surface area (Å²) in [7, 11) is 0. The Morgan fingerprint density at radius 1 is 1.47 bits per heavy atom. The Morgan fingerprint density at radius 2 is 2.16 bits per heavy atom. The van der Waals surface area contributed by atoms with Crippen molar-refractivity contribution in [1.82, 2.24) is 9.78 Å². The van der Waals surface area contributed by atoms with Gasteiger partial charge < -0.3 is 5.11 Å². The number of carboxylic acid groups (broad SMARTS) is 1. The van der Waals surface area contributed by atoms with E-state index in [2.05, 4.69) is 10.1 Å². The summed E-state index contributed by atoms with van der Waals surface area (Å²) in [5.74, 6) is -0.882. The summed E-state index contributed by atoms with van der Waals surface area (Å²) in [6, 6.07) is 0. The molecule has 1 saturated carbocycles. The average molecular weight is 261 g/mol. The van der Waals surface area contributed by atoms with Crippen LogP contribution in [0, 0.1) is 0 Å². The minimum atomic E-state index is -1.13. The Bertz CT molecular complexity index is 742. The Hall–Kier alpha value is -1.98. The molecule has 1 aliphatic carbocycles. The maximum Gasteiger partial charge on any atom is 0.331 e. The van der Waals surface area contributed by atoms with E-state index in [0.29, 0.717) is 35.7 Å². The van der Waals surface area contributed by atoms with Gasteiger partial charge in [-0.25, -0.2) is 9.48 Å². The Kier molecular flexibility index (Phi) is 2.39. The topological polar surface area (TPSA) is 84.5 Å². The van der Waals surface area contributed by atoms with Crippen LogP contribution in [-0.4, -0.2) is 27.4 Å². The van der Waals surface area contributed by atoms with Gasteiger partial charge in [-0.1, -0.05) is 13.8 Å². The maximum atomic E-state index is 12.4. The molecule has 0 aromatic carbocycles. The number of nitrogens with zero attached hydrogens (tertiary/aromatic N) is 3. The molecule has 0 radical (unpaired) electrons. The summed E-state index contributed by atoms with van der Waals surface area (Å²) in [5, 5.41) is 14.8. The molecule has 0 spiro atoms. The fourth-order valence-electron chi connectivity index (χ4n) is 2.45. The number of hydrogen-bond donors (Lipinski definition) is 1. The van der Waals surface area contributed by atoms with E-state index >= 15 is 0 Å². The van der Waals surface area contributed by atoms with E-state index in [1.165, 1.54) is 4.68 Å². The van der Waals surface area contributed by atoms with Crippen molar-refractivity contribution in [2.45, 2.75) is 38.1 Å². The first-order valence-electron chi connectivity index (χ1n) is 6.39. The summed E-state index contributed by atoms with van der Waals surface area (Å²) in [6.45, 7) is 4.40. The second-order valence-electron chi connectivity index (χ2n) is 5.40. The lowest BCUT2D eigenvalue weighted by atomic mass is 10.1. The molecule has 0 atom stereocenters. The average Bonchev–Trinajstić information content (AvgIpc) is 3.00. The molecule has 0 amide bonds. The van der Waals surface area contributed by atoms with Crippen LogP contribution in [0.3, 0.4) is 0 Å². The largest absolute Gasteiger partial charge is 0.479 e. The van der Waals surface area contributed by atoms with Crippen molar-refractivity contribution in [3.63, 3.8) is 0 Å². The van der Waals surface area contributed by atoms with Crippen LogP contribution in [0.15, 0.2) is 9.79 Å². The molecule has 1 aromatic heterocycles. The van der Waals surface area contributed by atoms with E-state index in [-0.39, 0.29) is 11.5 Å². The normalized spacial score (nSPS) is 18.7. The highest BCUT2D eigenvalue weighted by Crippen LogP contribution is 2.42. The Labute approximate surface area is 109 Å². The third-order valence-electron chi connectivity index (χ3n) is 3.75. The number of aromatic nitrogens is 2. The highest BCUT2D eigenvalue weighted by atomic mass is 16.4. The first-order valence-corrected chi connectivity index (χ1v) is 6.39. The lowest BCUT2D eigenvalue weighted by Crippen LogP contribution is -2.52. The molecule has 1 aliphatic heterocycles. The van der Waals surface area contributed by atoms with Gasteiger partial charge in [0, 0.05) is 0 Å². The first kappa shape index (κ1) is 12.1. The van der Waals surface area contributed by atoms with Gasteiger partial charge in [0.1, 0.15) is 0 Å². The summed E-state index contributed by atoms with van der Waals surface area (Å²) in [4.78, 5) is 28.0. The number of carboxylic acids is 1. The highest BCUT2D eigenvalue weighted by Gasteiger charge is 2.54. The molecule has 1 fully saturated rings. The predicted octanol–water partition coefficient (Wildman–Crippen LogP) is -0.646. The molecule has 3 rings (SSSR count). The number of fused-ring (bicyclic) bond motifs is 1. The predicted molar refractivity (Wildman–Crippen MR) is 67.5 cm³/mol. The lowest BCUT2D eigenvalue weighted by Gasteiger charge is -2.15. The van der Waals surface area contributed by atoms with Crippen molar-refractivity contribution >= 4 is 12.0 Å². The van der Waals surface area contributed by atoms with Crippen molar-refractivity contribution in [3.05, 3.63) is 26.6 Å². The van der Waals surface area contributed by atoms with Crippen LogP contribution >= 0.6 is 0 Å². The zero-order valence-corrected chi connectivity index (χ0v) is 10.9. The van der Waals surface area contributed by atoms with Crippen LogP contribution in [0.5, 0.6) is 0 Å². The van der Waals surface area contributed by atoms with Crippen LogP contribution in [0.2, 0.25) is 0 Å². The molecule has 0 unspecified atom stereocenters. The lowest BCUT2D eigenvalue weighted by molar-refractivity contribution is -0.143. The van der Waals surface area contributed by atoms with Crippen LogP contribution in [0.4, 0.5) is 0 Å². The van der Waals surface area contributed by atoms with Crippen LogP contribution in [-0.2, 0) is 10.3 Å². The SMILES string of the molecule is CC(C)c1nn(C2(C(=O)O)CC2)c(=O)c2c1=NCC=2. The van der Waals surface area contributed by atoms with Gasteiger partial charge in [0.05, 0.1) is 22.8 Å². The van der Waals surface area contributed by atoms with E-state index in [4.69, 9.17) is 0 Å². The molecular formula is C13H15N3O3. The van der Waals surface area contributed by atoms with E-state index < -0.39 is 11.5 Å². The fourth-order valence-corrected chi connectivity index (χ4v) is 2.45. The molecular weight excluding hydrogens is 246 g/mol. The Morgan fingerprint density at radius 3 is 2.68 bits per heavy atom. The van der Waals surface area contributed by atoms with Crippen molar-refractivity contribution < 1.29 is 9.90 Å². The monoisotopic (exact) mass is 261 g/mol. The van der Waals surface area contributed by atoms with Gasteiger partial charge in [-0.2, -0.15) is 5.10 Å². The molecule has 6 heteroatoms. The summed E-state index contributed by atoms with van der Waals surface area (Å²) in [5.41, 5.74) is -0.761. The van der Waals surface area contributed by atoms with Crippen LogP contribution in [0.1, 0.15) is 38.3 Å². The van der Waals surface area contributed by atoms with Gasteiger partial charge >= 0.3 is 5.97 Å². The zero-order chi connectivity index (χ0) is 13.8. The van der Waals surface area contributed by atoms with Gasteiger partial charge in [-0.15, -0.1) is 0 Å². The standard InChI is InChI=1S/C13H15N3O3/c1-7(2)9-10-8(3-6-14-10)11(17)16(15-9)13(4-5-13)12(18)19/h3,7H,4-6H2,1-2H3,(H,18,19). The van der Waals surface area contributed by atoms with E-state index in [1.54, 1.807) is 6.08 Å². The third-order valence-corrected chi connectivity index (χ3v) is 3.75. The number of hydrogen-bond acceptors (Lipinski definition) is 4. The Balaban J connectivity index is 2.36. The van der Waals surface area contributed by atoms with Crippen molar-refractivity contribution in [1.29, 1.82) is 0 Å². The molecule has 0 bridgehead atoms. The first-order chi connectivity index (χ1) is 8.97. The number of aliphatic carboxylic acids is 1. The minimum Gasteiger partial charge on any atom is -0.479 e. The van der Waals surface area contributed by atoms with Gasteiger partial charge in [0.25, 0.3) is 5.56 Å². The van der Waals surface area contributed by atoms with Gasteiger partial charge in [0.2, 0.25) is 0 Å². The van der Waals surface area contributed by atoms with Gasteiger partial charge in [-0.05, 0) is 24.8 Å². The van der Waals surface area contributed by atoms with E-state index in [9.17, 15) is 14.7 Å². The summed E-state index contributed by atoms with van der Waals surface area (Å²) >= 11 is 0. The highest BCUT2D eigenvalue weighted by molar-refractivity contribution is 5.79. The third kappa shape index (κ3) is 1.55. The van der Waals surface area contributed by atoms with Gasteiger partial charge in [0.15, 0.2) is 5.54 Å². The molecule has 1 N–H and O–H groups in total. The van der Waals surface area contributed by atoms with Crippen LogP contribution in [0.25, 0.3) is 6.08 Å². The quantitative estimate of drug-likeness (QED) is 0.784. The van der Waals surface area contributed by atoms with Crippen molar-refractivity contribution in [2.24, 2.45) is 4.99 Å². The minimum absolute atomic E-state index is 0.0976.